The molecule has 1 saturated carbocycles. The maximum absolute atomic E-state index is 14.5. The van der Waals surface area contributed by atoms with Crippen molar-refractivity contribution in [3.8, 4) is 0 Å². The van der Waals surface area contributed by atoms with Gasteiger partial charge in [0.2, 0.25) is 5.79 Å². The van der Waals surface area contributed by atoms with Crippen LogP contribution >= 0.6 is 0 Å². The number of cyclic esters (lactones) is 1. The summed E-state index contributed by atoms with van der Waals surface area (Å²) in [6.45, 7) is 11.2. The van der Waals surface area contributed by atoms with E-state index in [0.717, 1.165) is 5.57 Å². The molecular weight excluding hydrogens is 851 g/mol. The van der Waals surface area contributed by atoms with E-state index in [-0.39, 0.29) is 43.4 Å². The molecule has 5 N–H and O–H groups in total. The summed E-state index contributed by atoms with van der Waals surface area (Å²) >= 11 is 0. The van der Waals surface area contributed by atoms with Crippen molar-refractivity contribution in [3.05, 3.63) is 53.6 Å². The van der Waals surface area contributed by atoms with Crippen LogP contribution in [0, 0.1) is 29.6 Å². The summed E-state index contributed by atoms with van der Waals surface area (Å²) in [7, 11) is 4.75. The third-order valence-corrected chi connectivity index (χ3v) is 14.3. The topological polar surface area (TPSA) is 212 Å². The van der Waals surface area contributed by atoms with Crippen LogP contribution < -0.4 is 10.9 Å². The van der Waals surface area contributed by atoms with Crippen LogP contribution in [0.15, 0.2) is 53.6 Å². The highest BCUT2D eigenvalue weighted by atomic mass is 16.7. The third-order valence-electron chi connectivity index (χ3n) is 14.3. The van der Waals surface area contributed by atoms with Gasteiger partial charge in [-0.1, -0.05) is 63.6 Å². The first-order valence-electron chi connectivity index (χ1n) is 23.9. The number of carbonyl (C=O) groups is 5. The standard InChI is InChI=1S/C50H75N3O13/c1-10-35-23-29(2)22-30(3)24-42(62-8)45-43(63-9)26-32(5)50(60,66-45)46(56)47(57)53-21-15-14-18-37(53)48(58)65-44(33(6)38(54)28-39(35)55)31(4)25-34-19-20-40(41(27-34)61-7)64-49(59)52-51-36-16-12-11-13-17-36/h11-13,16-17,23,25,30,32-35,37-38,40-45,51,54,60H,10,14-15,18-22,24,26-28H2,1-9H3,(H,52,59)/p+1/b29-23+,31-25+. The molecule has 4 aliphatic rings. The average Bonchev–Trinajstić information content (AvgIpc) is 3.31. The van der Waals surface area contributed by atoms with Crippen molar-refractivity contribution < 1.29 is 62.6 Å². The van der Waals surface area contributed by atoms with E-state index in [0.29, 0.717) is 62.6 Å². The van der Waals surface area contributed by atoms with E-state index in [1.165, 1.54) is 4.90 Å². The van der Waals surface area contributed by atoms with Gasteiger partial charge in [-0.3, -0.25) is 19.8 Å². The highest BCUT2D eigenvalue weighted by molar-refractivity contribution is 6.39. The van der Waals surface area contributed by atoms with Gasteiger partial charge in [0.1, 0.15) is 31.1 Å². The third kappa shape index (κ3) is 13.1. The van der Waals surface area contributed by atoms with Crippen LogP contribution in [0.25, 0.3) is 0 Å². The van der Waals surface area contributed by atoms with Gasteiger partial charge >= 0.3 is 12.1 Å². The molecule has 0 spiro atoms. The fourth-order valence-corrected chi connectivity index (χ4v) is 10.4. The number of aliphatic hydroxyl groups excluding tert-OH is 1. The number of fused-ring (bicyclic) bond motifs is 3. The molecule has 66 heavy (non-hydrogen) atoms. The lowest BCUT2D eigenvalue weighted by atomic mass is 9.81. The lowest BCUT2D eigenvalue weighted by Crippen LogP contribution is -2.64. The summed E-state index contributed by atoms with van der Waals surface area (Å²) < 4.78 is 34.7. The molecule has 3 aliphatic heterocycles. The Kier molecular flexibility index (Phi) is 19.4. The van der Waals surface area contributed by atoms with E-state index in [4.69, 9.17) is 23.7 Å². The second kappa shape index (κ2) is 24.2. The molecule has 16 nitrogen and oxygen atoms in total. The molecule has 3 fully saturated rings. The lowest BCUT2D eigenvalue weighted by Gasteiger charge is -2.45. The lowest BCUT2D eigenvalue weighted by molar-refractivity contribution is -0.314. The predicted octanol–water partition coefficient (Wildman–Crippen LogP) is 5.75. The Morgan fingerprint density at radius 2 is 1.68 bits per heavy atom. The second-order valence-corrected chi connectivity index (χ2v) is 19.2. The van der Waals surface area contributed by atoms with Gasteiger partial charge in [0.15, 0.2) is 12.2 Å². The zero-order chi connectivity index (χ0) is 48.3. The molecule has 3 heterocycles. The number of piperidine rings is 1. The molecule has 2 amide bonds. The Morgan fingerprint density at radius 3 is 2.35 bits per heavy atom. The van der Waals surface area contributed by atoms with Crippen molar-refractivity contribution in [2.24, 2.45) is 29.6 Å². The molecule has 1 aromatic carbocycles. The van der Waals surface area contributed by atoms with Crippen LogP contribution in [0.5, 0.6) is 0 Å². The Bertz CT molecular complexity index is 1880. The number of hydrogen-bond acceptors (Lipinski definition) is 13. The number of carbonyl (C=O) groups excluding carboxylic acids is 5. The Labute approximate surface area is 390 Å². The number of rotatable bonds is 9. The number of Topliss-reactive ketones (excluding diaryl/α,β-unsaturated/α-hetero) is 2. The molecule has 1 aromatic rings. The Balaban J connectivity index is 1.44. The Hall–Kier alpha value is -4.19. The SMILES string of the molecule is CCC1/C=C(\C)CC(C)CC([OH+]C)C2OC(O)(C(=O)C(=O)N3CCCCC3C(=O)OC(/C(C)=C/C3CCC(OC(=O)NNc4ccccc4)C(OC)C3)C(C)C(O)CC1=O)C(C)CC2OC. The number of ketones is 2. The largest absolute Gasteiger partial charge is 0.456 e. The number of para-hydroxylation sites is 1. The number of aliphatic hydroxyl groups is 4. The summed E-state index contributed by atoms with van der Waals surface area (Å²) in [5, 5.41) is 23.9. The molecule has 14 atom stereocenters. The maximum atomic E-state index is 14.5. The van der Waals surface area contributed by atoms with E-state index < -0.39 is 96.1 Å². The van der Waals surface area contributed by atoms with Crippen LogP contribution in [-0.2, 0) is 42.9 Å². The van der Waals surface area contributed by atoms with Crippen LogP contribution in [0.3, 0.4) is 0 Å². The number of hydrogen-bond donors (Lipinski definition) is 4. The number of ether oxygens (including phenoxy) is 6. The first-order chi connectivity index (χ1) is 31.4. The summed E-state index contributed by atoms with van der Waals surface area (Å²) in [5.74, 6) is -7.73. The van der Waals surface area contributed by atoms with Gasteiger partial charge in [-0.15, -0.1) is 0 Å². The van der Waals surface area contributed by atoms with Gasteiger partial charge in [0, 0.05) is 51.4 Å². The molecular formula is C50H76N3O13+. The van der Waals surface area contributed by atoms with Crippen molar-refractivity contribution in [2.45, 2.75) is 167 Å². The number of nitrogens with one attached hydrogen (secondary N) is 2. The number of benzene rings is 1. The molecule has 2 saturated heterocycles. The minimum Gasteiger partial charge on any atom is -0.456 e. The van der Waals surface area contributed by atoms with Crippen LogP contribution in [0.4, 0.5) is 10.5 Å². The smallest absolute Gasteiger partial charge is 0.426 e. The highest BCUT2D eigenvalue weighted by Crippen LogP contribution is 2.39. The number of nitrogens with zero attached hydrogens (tertiary/aromatic N) is 1. The Morgan fingerprint density at radius 1 is 0.970 bits per heavy atom. The van der Waals surface area contributed by atoms with Gasteiger partial charge < -0.3 is 43.5 Å². The number of amides is 2. The van der Waals surface area contributed by atoms with Crippen molar-refractivity contribution in [2.75, 3.05) is 33.3 Å². The molecule has 0 radical (unpaired) electrons. The predicted molar refractivity (Wildman–Crippen MR) is 247 cm³/mol. The molecule has 1 aliphatic carbocycles. The maximum Gasteiger partial charge on any atom is 0.426 e. The van der Waals surface area contributed by atoms with Gasteiger partial charge in [0.25, 0.3) is 11.7 Å². The van der Waals surface area contributed by atoms with Gasteiger partial charge in [-0.2, -0.15) is 0 Å². The molecule has 368 valence electrons. The summed E-state index contributed by atoms with van der Waals surface area (Å²) in [6.07, 6.45) is 2.78. The molecule has 2 bridgehead atoms. The minimum atomic E-state index is -2.51. The van der Waals surface area contributed by atoms with E-state index in [2.05, 4.69) is 22.5 Å². The van der Waals surface area contributed by atoms with Crippen molar-refractivity contribution in [1.82, 2.24) is 10.3 Å². The highest BCUT2D eigenvalue weighted by Gasteiger charge is 2.57. The van der Waals surface area contributed by atoms with E-state index >= 15 is 0 Å². The number of anilines is 1. The van der Waals surface area contributed by atoms with Gasteiger partial charge in [0.05, 0.1) is 24.0 Å². The zero-order valence-corrected chi connectivity index (χ0v) is 40.4. The quantitative estimate of drug-likeness (QED) is 0.0766. The second-order valence-electron chi connectivity index (χ2n) is 19.2. The zero-order valence-electron chi connectivity index (χ0n) is 40.4. The number of allylic oxidation sites excluding steroid dienone is 3. The number of hydrazine groups is 1. The van der Waals surface area contributed by atoms with Crippen molar-refractivity contribution in [3.63, 3.8) is 0 Å². The van der Waals surface area contributed by atoms with Crippen molar-refractivity contribution >= 4 is 35.2 Å². The fourth-order valence-electron chi connectivity index (χ4n) is 10.4. The van der Waals surface area contributed by atoms with Crippen LogP contribution in [-0.4, -0.2) is 132 Å². The molecule has 16 heteroatoms. The first-order valence-corrected chi connectivity index (χ1v) is 23.9. The van der Waals surface area contributed by atoms with Crippen molar-refractivity contribution in [1.29, 1.82) is 0 Å². The van der Waals surface area contributed by atoms with E-state index in [1.54, 1.807) is 47.3 Å². The number of esters is 1. The fraction of sp³-hybridized carbons (Fsp3) is 0.700. The van der Waals surface area contributed by atoms with Gasteiger partial charge in [-0.05, 0) is 101 Å². The number of methoxy groups -OCH3 is 2. The normalized spacial score (nSPS) is 36.8. The van der Waals surface area contributed by atoms with E-state index in [1.807, 2.05) is 51.1 Å². The average molecular weight is 927 g/mol. The first kappa shape index (κ1) is 52.8. The summed E-state index contributed by atoms with van der Waals surface area (Å²) in [5.41, 5.74) is 7.70. The monoisotopic (exact) mass is 927 g/mol. The molecule has 5 rings (SSSR count). The summed E-state index contributed by atoms with van der Waals surface area (Å²) in [6, 6.07) is 7.98. The van der Waals surface area contributed by atoms with E-state index in [9.17, 15) is 34.2 Å². The minimum absolute atomic E-state index is 0.0458. The van der Waals surface area contributed by atoms with Gasteiger partial charge in [-0.25, -0.2) is 15.0 Å². The van der Waals surface area contributed by atoms with Crippen LogP contribution in [0.1, 0.15) is 112 Å². The molecule has 0 aromatic heterocycles. The van der Waals surface area contributed by atoms with Crippen LogP contribution in [0.2, 0.25) is 0 Å². The molecule has 14 unspecified atom stereocenters. The summed E-state index contributed by atoms with van der Waals surface area (Å²) in [4.78, 5) is 71.1.